The number of likely N-dealkylation sites (N-methyl/N-ethyl adjacent to an activating group) is 1. The second-order valence-electron chi connectivity index (χ2n) is 7.69. The van der Waals surface area contributed by atoms with Crippen LogP contribution in [0.4, 0.5) is 5.69 Å². The number of nitrogens with one attached hydrogen (secondary N) is 1. The molecule has 2 aliphatic rings. The summed E-state index contributed by atoms with van der Waals surface area (Å²) in [6, 6.07) is 15.0. The number of rotatable bonds is 3. The first-order valence-electron chi connectivity index (χ1n) is 9.22. The highest BCUT2D eigenvalue weighted by Crippen LogP contribution is 2.46. The van der Waals surface area contributed by atoms with Crippen LogP contribution in [0.2, 0.25) is 0 Å². The van der Waals surface area contributed by atoms with Crippen molar-refractivity contribution >= 4 is 18.0 Å². The molecule has 1 aliphatic heterocycles. The highest BCUT2D eigenvalue weighted by atomic mass is 16.2. The molecule has 4 rings (SSSR count). The van der Waals surface area contributed by atoms with Crippen LogP contribution in [0.15, 0.2) is 42.5 Å². The first-order chi connectivity index (χ1) is 12.5. The molecule has 1 saturated heterocycles. The number of benzene rings is 2. The molecule has 1 fully saturated rings. The van der Waals surface area contributed by atoms with Gasteiger partial charge in [-0.1, -0.05) is 37.3 Å². The molecule has 0 bridgehead atoms. The van der Waals surface area contributed by atoms with Gasteiger partial charge in [0.15, 0.2) is 0 Å². The van der Waals surface area contributed by atoms with Gasteiger partial charge in [-0.2, -0.15) is 0 Å². The molecule has 0 radical (unpaired) electrons. The maximum atomic E-state index is 12.1. The van der Waals surface area contributed by atoms with Crippen molar-refractivity contribution in [2.24, 2.45) is 0 Å². The van der Waals surface area contributed by atoms with Crippen LogP contribution in [0.25, 0.3) is 11.1 Å². The minimum Gasteiger partial charge on any atom is -0.342 e. The van der Waals surface area contributed by atoms with E-state index >= 15 is 0 Å². The van der Waals surface area contributed by atoms with Gasteiger partial charge < -0.3 is 10.2 Å². The van der Waals surface area contributed by atoms with Gasteiger partial charge in [-0.25, -0.2) is 0 Å². The molecule has 4 heteroatoms. The minimum absolute atomic E-state index is 0.0481. The SMILES string of the molecule is CN1C(=O)CCC2(C)c3ccc(-c4ccc(NC=O)cc4)cc3CC[C@@H]12. The van der Waals surface area contributed by atoms with Gasteiger partial charge in [0.05, 0.1) is 0 Å². The van der Waals surface area contributed by atoms with Crippen LogP contribution in [0, 0.1) is 0 Å². The lowest BCUT2D eigenvalue weighted by Gasteiger charge is -2.50. The fraction of sp³-hybridized carbons (Fsp3) is 0.364. The molecule has 1 aliphatic carbocycles. The number of hydrogen-bond donors (Lipinski definition) is 1. The van der Waals surface area contributed by atoms with E-state index < -0.39 is 0 Å². The topological polar surface area (TPSA) is 49.4 Å². The Balaban J connectivity index is 1.68. The van der Waals surface area contributed by atoms with Gasteiger partial charge in [0, 0.05) is 30.6 Å². The third-order valence-corrected chi connectivity index (χ3v) is 6.31. The summed E-state index contributed by atoms with van der Waals surface area (Å²) in [5.41, 5.74) is 5.99. The zero-order valence-electron chi connectivity index (χ0n) is 15.3. The van der Waals surface area contributed by atoms with Crippen LogP contribution < -0.4 is 5.32 Å². The molecular weight excluding hydrogens is 324 g/mol. The largest absolute Gasteiger partial charge is 0.342 e. The molecule has 26 heavy (non-hydrogen) atoms. The van der Waals surface area contributed by atoms with Gasteiger partial charge in [0.25, 0.3) is 0 Å². The molecule has 134 valence electrons. The van der Waals surface area contributed by atoms with Crippen molar-refractivity contribution in [1.29, 1.82) is 0 Å². The van der Waals surface area contributed by atoms with Gasteiger partial charge in [-0.05, 0) is 53.6 Å². The first-order valence-corrected chi connectivity index (χ1v) is 9.22. The van der Waals surface area contributed by atoms with Gasteiger partial charge in [-0.3, -0.25) is 9.59 Å². The van der Waals surface area contributed by atoms with Crippen molar-refractivity contribution in [3.63, 3.8) is 0 Å². The Kier molecular flexibility index (Phi) is 4.06. The number of anilines is 1. The number of amides is 2. The Hall–Kier alpha value is -2.62. The van der Waals surface area contributed by atoms with E-state index in [1.54, 1.807) is 0 Å². The standard InChI is InChI=1S/C22H24N2O2/c1-22-12-11-21(26)24(2)20(22)10-6-17-13-16(5-9-19(17)22)15-3-7-18(8-4-15)23-14-25/h3-5,7-9,13-14,20H,6,10-12H2,1-2H3,(H,23,25)/t20-,22?/m1/s1. The summed E-state index contributed by atoms with van der Waals surface area (Å²) in [5, 5.41) is 2.67. The van der Waals surface area contributed by atoms with Crippen molar-refractivity contribution in [2.75, 3.05) is 12.4 Å². The zero-order chi connectivity index (χ0) is 18.3. The van der Waals surface area contributed by atoms with Crippen LogP contribution in [0.1, 0.15) is 37.3 Å². The molecule has 0 aromatic heterocycles. The number of likely N-dealkylation sites (tertiary alicyclic amines) is 1. The number of nitrogens with zero attached hydrogens (tertiary/aromatic N) is 1. The zero-order valence-corrected chi connectivity index (χ0v) is 15.3. The van der Waals surface area contributed by atoms with Crippen LogP contribution in [-0.4, -0.2) is 30.3 Å². The average molecular weight is 348 g/mol. The fourth-order valence-electron chi connectivity index (χ4n) is 4.79. The highest BCUT2D eigenvalue weighted by Gasteiger charge is 2.46. The molecule has 2 aromatic carbocycles. The lowest BCUT2D eigenvalue weighted by atomic mass is 9.63. The Morgan fingerprint density at radius 1 is 1.12 bits per heavy atom. The maximum absolute atomic E-state index is 12.1. The summed E-state index contributed by atoms with van der Waals surface area (Å²) in [4.78, 5) is 24.6. The van der Waals surface area contributed by atoms with E-state index in [-0.39, 0.29) is 11.3 Å². The second kappa shape index (κ2) is 6.27. The number of carbonyl (C=O) groups is 2. The number of fused-ring (bicyclic) bond motifs is 3. The van der Waals surface area contributed by atoms with E-state index in [1.807, 2.05) is 36.2 Å². The van der Waals surface area contributed by atoms with Gasteiger partial charge in [-0.15, -0.1) is 0 Å². The van der Waals surface area contributed by atoms with E-state index in [0.29, 0.717) is 18.9 Å². The Labute approximate surface area is 154 Å². The van der Waals surface area contributed by atoms with Crippen LogP contribution in [0.3, 0.4) is 0 Å². The predicted octanol–water partition coefficient (Wildman–Crippen LogP) is 3.75. The summed E-state index contributed by atoms with van der Waals surface area (Å²) < 4.78 is 0. The number of hydrogen-bond acceptors (Lipinski definition) is 2. The molecule has 2 aromatic rings. The number of carbonyl (C=O) groups excluding carboxylic acids is 2. The molecule has 0 saturated carbocycles. The molecule has 2 amide bonds. The van der Waals surface area contributed by atoms with Crippen molar-refractivity contribution in [2.45, 2.75) is 44.1 Å². The molecule has 4 nitrogen and oxygen atoms in total. The lowest BCUT2D eigenvalue weighted by molar-refractivity contribution is -0.138. The summed E-state index contributed by atoms with van der Waals surface area (Å²) in [5.74, 6) is 0.275. The Morgan fingerprint density at radius 2 is 1.85 bits per heavy atom. The quantitative estimate of drug-likeness (QED) is 0.859. The molecular formula is C22H24N2O2. The van der Waals surface area contributed by atoms with Gasteiger partial charge >= 0.3 is 0 Å². The van der Waals surface area contributed by atoms with Crippen LogP contribution in [-0.2, 0) is 21.4 Å². The van der Waals surface area contributed by atoms with Crippen molar-refractivity contribution in [1.82, 2.24) is 4.90 Å². The number of piperidine rings is 1. The monoisotopic (exact) mass is 348 g/mol. The molecule has 0 spiro atoms. The Bertz CT molecular complexity index is 859. The van der Waals surface area contributed by atoms with Gasteiger partial charge in [0.1, 0.15) is 0 Å². The van der Waals surface area contributed by atoms with E-state index in [2.05, 4.69) is 30.4 Å². The summed E-state index contributed by atoms with van der Waals surface area (Å²) in [7, 11) is 1.96. The van der Waals surface area contributed by atoms with Crippen molar-refractivity contribution in [3.8, 4) is 11.1 Å². The molecule has 1 N–H and O–H groups in total. The molecule has 1 heterocycles. The number of aryl methyl sites for hydroxylation is 1. The third kappa shape index (κ3) is 2.61. The summed E-state index contributed by atoms with van der Waals surface area (Å²) in [6.45, 7) is 2.32. The molecule has 2 atom stereocenters. The smallest absolute Gasteiger partial charge is 0.222 e. The Morgan fingerprint density at radius 3 is 2.58 bits per heavy atom. The van der Waals surface area contributed by atoms with E-state index in [9.17, 15) is 9.59 Å². The second-order valence-corrected chi connectivity index (χ2v) is 7.69. The van der Waals surface area contributed by atoms with Crippen LogP contribution in [0.5, 0.6) is 0 Å². The van der Waals surface area contributed by atoms with Gasteiger partial charge in [0.2, 0.25) is 12.3 Å². The van der Waals surface area contributed by atoms with Crippen molar-refractivity contribution < 1.29 is 9.59 Å². The van der Waals surface area contributed by atoms with Crippen LogP contribution >= 0.6 is 0 Å². The summed E-state index contributed by atoms with van der Waals surface area (Å²) in [6.07, 6.45) is 4.29. The van der Waals surface area contributed by atoms with Crippen molar-refractivity contribution in [3.05, 3.63) is 53.6 Å². The minimum atomic E-state index is 0.0481. The highest BCUT2D eigenvalue weighted by molar-refractivity contribution is 5.78. The summed E-state index contributed by atoms with van der Waals surface area (Å²) >= 11 is 0. The lowest BCUT2D eigenvalue weighted by Crippen LogP contribution is -2.56. The maximum Gasteiger partial charge on any atom is 0.222 e. The fourth-order valence-corrected chi connectivity index (χ4v) is 4.79. The third-order valence-electron chi connectivity index (χ3n) is 6.31. The predicted molar refractivity (Wildman–Crippen MR) is 103 cm³/mol. The van der Waals surface area contributed by atoms with E-state index in [1.165, 1.54) is 16.7 Å². The first kappa shape index (κ1) is 16.8. The van der Waals surface area contributed by atoms with E-state index in [4.69, 9.17) is 0 Å². The van der Waals surface area contributed by atoms with E-state index in [0.717, 1.165) is 30.5 Å². The average Bonchev–Trinajstić information content (AvgIpc) is 2.66. The normalized spacial score (nSPS) is 24.6. The molecule has 1 unspecified atom stereocenters.